The quantitative estimate of drug-likeness (QED) is 0.103. The zero-order valence-corrected chi connectivity index (χ0v) is 21.1. The fourth-order valence-corrected chi connectivity index (χ4v) is 1.84. The maximum absolute atomic E-state index is 10.1. The Balaban J connectivity index is -0.000000185. The van der Waals surface area contributed by atoms with Gasteiger partial charge in [-0.15, -0.1) is 0 Å². The summed E-state index contributed by atoms with van der Waals surface area (Å²) < 4.78 is 20.1. The average Bonchev–Trinajstić information content (AvgIpc) is 2.82. The van der Waals surface area contributed by atoms with Gasteiger partial charge in [-0.2, -0.15) is 0 Å². The molecule has 0 heterocycles. The Morgan fingerprint density at radius 2 is 0.714 bits per heavy atom. The molecule has 2 atom stereocenters. The van der Waals surface area contributed by atoms with Crippen molar-refractivity contribution >= 4 is 15.2 Å². The molecule has 0 bridgehead atoms. The summed E-state index contributed by atoms with van der Waals surface area (Å²) in [6, 6.07) is 0. The number of hydrogen-bond donors (Lipinski definition) is 14. The highest BCUT2D eigenvalue weighted by molar-refractivity contribution is 7.69. The molecule has 0 saturated carbocycles. The van der Waals surface area contributed by atoms with Gasteiger partial charge in [0.15, 0.2) is 29.3 Å². The molecule has 0 radical (unpaired) electrons. The number of quaternary nitrogens is 3. The van der Waals surface area contributed by atoms with Gasteiger partial charge in [-0.1, -0.05) is 0 Å². The number of hydrogen-bond acceptors (Lipinski definition) is 15. The molecule has 0 aromatic heterocycles. The van der Waals surface area contributed by atoms with E-state index < -0.39 is 36.9 Å². The molecule has 0 rings (SSSR count). The van der Waals surface area contributed by atoms with Gasteiger partial charge in [0, 0.05) is 0 Å². The SMILES string of the molecule is CC(O)(P(=O)([O-])[O-])P(=O)([O-])O.[NH3+]C(CO)(CO)CO.[NH3+]C(CO)(CO)CO.[NH3+]C(CO)(CO)CO. The van der Waals surface area contributed by atoms with E-state index in [0.29, 0.717) is 0 Å². The number of aliphatic hydroxyl groups excluding tert-OH is 9. The Morgan fingerprint density at radius 1 is 0.571 bits per heavy atom. The van der Waals surface area contributed by atoms with Crippen LogP contribution in [0.2, 0.25) is 0 Å². The molecule has 0 fully saturated rings. The van der Waals surface area contributed by atoms with Crippen LogP contribution in [-0.2, 0) is 9.13 Å². The molecule has 0 aromatic rings. The fraction of sp³-hybridized carbons (Fsp3) is 1.00. The van der Waals surface area contributed by atoms with Crippen LogP contribution in [-0.4, -0.2) is 137 Å². The lowest BCUT2D eigenvalue weighted by Gasteiger charge is -2.47. The zero-order chi connectivity index (χ0) is 29.4. The van der Waals surface area contributed by atoms with E-state index in [1.807, 2.05) is 0 Å². The van der Waals surface area contributed by atoms with Gasteiger partial charge >= 0.3 is 0 Å². The molecule has 21 heteroatoms. The van der Waals surface area contributed by atoms with E-state index in [1.165, 1.54) is 0 Å². The van der Waals surface area contributed by atoms with Gasteiger partial charge < -0.3 is 97.0 Å². The van der Waals surface area contributed by atoms with Crippen molar-refractivity contribution in [2.45, 2.75) is 28.6 Å². The first-order valence-corrected chi connectivity index (χ1v) is 12.5. The third-order valence-corrected chi connectivity index (χ3v) is 7.67. The van der Waals surface area contributed by atoms with Crippen molar-refractivity contribution in [2.75, 3.05) is 59.5 Å². The second kappa shape index (κ2) is 18.1. The molecule has 35 heavy (non-hydrogen) atoms. The molecule has 19 nitrogen and oxygen atoms in total. The summed E-state index contributed by atoms with van der Waals surface area (Å²) in [5.41, 5.74) is 7.25. The lowest BCUT2D eigenvalue weighted by Crippen LogP contribution is -2.78. The summed E-state index contributed by atoms with van der Waals surface area (Å²) in [4.78, 5) is 38.1. The lowest BCUT2D eigenvalue weighted by atomic mass is 10.1. The Bertz CT molecular complexity index is 525. The van der Waals surface area contributed by atoms with Crippen LogP contribution in [0.15, 0.2) is 0 Å². The van der Waals surface area contributed by atoms with Crippen molar-refractivity contribution in [3.05, 3.63) is 0 Å². The number of rotatable bonds is 11. The molecule has 0 aromatic carbocycles. The van der Waals surface area contributed by atoms with E-state index in [2.05, 4.69) is 17.2 Å². The normalized spacial score (nSPS) is 15.7. The molecule has 0 aliphatic rings. The van der Waals surface area contributed by atoms with Crippen LogP contribution in [0.5, 0.6) is 0 Å². The molecule has 0 aliphatic carbocycles. The fourth-order valence-electron chi connectivity index (χ4n) is 0.605. The third kappa shape index (κ3) is 17.0. The maximum Gasteiger partial charge on any atom is 0.168 e. The van der Waals surface area contributed by atoms with Crippen LogP contribution in [0.1, 0.15) is 6.92 Å². The second-order valence-corrected chi connectivity index (χ2v) is 12.0. The van der Waals surface area contributed by atoms with E-state index in [-0.39, 0.29) is 66.4 Å². The first-order valence-electron chi connectivity index (χ1n) is 9.37. The Kier molecular flexibility index (Phi) is 21.7. The maximum atomic E-state index is 10.1. The molecule has 0 amide bonds. The summed E-state index contributed by atoms with van der Waals surface area (Å²) in [5.74, 6) is 0. The molecule has 218 valence electrons. The minimum absolute atomic E-state index is 0.196. The first-order chi connectivity index (χ1) is 15.5. The van der Waals surface area contributed by atoms with Gasteiger partial charge in [-0.25, -0.2) is 0 Å². The molecule has 2 unspecified atom stereocenters. The highest BCUT2D eigenvalue weighted by Gasteiger charge is 2.36. The van der Waals surface area contributed by atoms with Crippen molar-refractivity contribution < 1.29 is 97.0 Å². The lowest BCUT2D eigenvalue weighted by molar-refractivity contribution is -0.495. The minimum atomic E-state index is -5.76. The van der Waals surface area contributed by atoms with Crippen molar-refractivity contribution in [1.29, 1.82) is 0 Å². The standard InChI is InChI=1S/3C4H11NO3.C2H8O7P2/c3*5-4(1-6,2-7)3-8;1-2(3,10(4,5)6)11(7,8)9/h3*6-8H,1-3,5H2;3H,1H3,(H2,4,5,6)(H2,7,8,9). The largest absolute Gasteiger partial charge is 0.808 e. The van der Waals surface area contributed by atoms with Crippen molar-refractivity contribution in [3.63, 3.8) is 0 Å². The minimum Gasteiger partial charge on any atom is -0.808 e. The van der Waals surface area contributed by atoms with E-state index in [9.17, 15) is 23.8 Å². The highest BCUT2D eigenvalue weighted by Crippen LogP contribution is 2.60. The van der Waals surface area contributed by atoms with Crippen LogP contribution >= 0.6 is 15.2 Å². The Labute approximate surface area is 201 Å². The molecular formula is C14H41N3O16P2. The first kappa shape index (κ1) is 41.9. The molecular weight excluding hydrogens is 528 g/mol. The molecule has 0 spiro atoms. The molecule has 0 aliphatic heterocycles. The van der Waals surface area contributed by atoms with Crippen molar-refractivity contribution in [3.8, 4) is 0 Å². The van der Waals surface area contributed by atoms with Gasteiger partial charge in [-0.3, -0.25) is 0 Å². The van der Waals surface area contributed by atoms with Gasteiger partial charge in [0.25, 0.3) is 0 Å². The zero-order valence-electron chi connectivity index (χ0n) is 19.3. The van der Waals surface area contributed by atoms with Crippen LogP contribution in [0.3, 0.4) is 0 Å². The monoisotopic (exact) mass is 569 g/mol. The average molecular weight is 569 g/mol. The highest BCUT2D eigenvalue weighted by atomic mass is 31.2. The van der Waals surface area contributed by atoms with Gasteiger partial charge in [0.1, 0.15) is 59.5 Å². The van der Waals surface area contributed by atoms with Crippen LogP contribution < -0.4 is 31.9 Å². The van der Waals surface area contributed by atoms with Crippen molar-refractivity contribution in [1.82, 2.24) is 0 Å². The van der Waals surface area contributed by atoms with Crippen molar-refractivity contribution in [2.24, 2.45) is 0 Å². The topological polar surface area (TPSA) is 409 Å². The number of aliphatic hydroxyl groups is 10. The predicted molar refractivity (Wildman–Crippen MR) is 109 cm³/mol. The Morgan fingerprint density at radius 3 is 0.714 bits per heavy atom. The summed E-state index contributed by atoms with van der Waals surface area (Å²) >= 11 is 0. The van der Waals surface area contributed by atoms with Gasteiger partial charge in [0.2, 0.25) is 0 Å². The summed E-state index contributed by atoms with van der Waals surface area (Å²) in [6.45, 7) is -2.43. The summed E-state index contributed by atoms with van der Waals surface area (Å²) in [6.07, 6.45) is 0. The molecule has 0 saturated heterocycles. The second-order valence-electron chi connectivity index (χ2n) is 7.91. The summed E-state index contributed by atoms with van der Waals surface area (Å²) in [5, 5.41) is 80.5. The van der Waals surface area contributed by atoms with Gasteiger partial charge in [0.05, 0.1) is 0 Å². The predicted octanol–water partition coefficient (Wildman–Crippen LogP) is -12.1. The molecule has 20 N–H and O–H groups in total. The van der Waals surface area contributed by atoms with Crippen LogP contribution in [0, 0.1) is 0 Å². The Hall–Kier alpha value is -0.220. The smallest absolute Gasteiger partial charge is 0.168 e. The van der Waals surface area contributed by atoms with Gasteiger partial charge in [-0.05, 0) is 14.5 Å². The van der Waals surface area contributed by atoms with Crippen LogP contribution in [0.4, 0.5) is 0 Å². The van der Waals surface area contributed by atoms with Crippen LogP contribution in [0.25, 0.3) is 0 Å². The summed E-state index contributed by atoms with van der Waals surface area (Å²) in [7, 11) is -11.3. The van der Waals surface area contributed by atoms with E-state index >= 15 is 0 Å². The third-order valence-electron chi connectivity index (χ3n) is 4.07. The van der Waals surface area contributed by atoms with E-state index in [0.717, 1.165) is 0 Å². The van der Waals surface area contributed by atoms with E-state index in [4.69, 9.17) is 56.0 Å². The van der Waals surface area contributed by atoms with E-state index in [1.54, 1.807) is 0 Å².